The van der Waals surface area contributed by atoms with Crippen LogP contribution in [0, 0.1) is 0 Å². The Bertz CT molecular complexity index is 1380. The summed E-state index contributed by atoms with van der Waals surface area (Å²) in [6.07, 6.45) is 1.39. The third-order valence-corrected chi connectivity index (χ3v) is 13.3. The second-order valence-corrected chi connectivity index (χ2v) is 14.7. The number of hydrogen-bond donors (Lipinski definition) is 0. The molecular formula is C34H30OP2. The van der Waals surface area contributed by atoms with Crippen molar-refractivity contribution in [2.45, 2.75) is 0 Å². The normalized spacial score (nSPS) is 11.3. The zero-order valence-corrected chi connectivity index (χ0v) is 22.5. The Hall–Kier alpha value is -3.50. The summed E-state index contributed by atoms with van der Waals surface area (Å²) in [5.74, 6) is 2.73. The van der Waals surface area contributed by atoms with Gasteiger partial charge in [-0.3, -0.25) is 4.79 Å². The Morgan fingerprint density at radius 3 is 1.35 bits per heavy atom. The molecule has 0 fully saturated rings. The molecule has 0 atom stereocenters. The second kappa shape index (κ2) is 12.2. The maximum Gasteiger partial charge on any atom is 0.167 e. The smallest absolute Gasteiger partial charge is 0.167 e. The molecule has 3 heteroatoms. The topological polar surface area (TPSA) is 17.1 Å². The largest absolute Gasteiger partial charge is 0.294 e. The zero-order valence-electron chi connectivity index (χ0n) is 20.7. The number of carbonyl (C=O) groups excluding carboxylic acids is 1. The molecule has 0 aliphatic heterocycles. The fourth-order valence-corrected chi connectivity index (χ4v) is 11.5. The summed E-state index contributed by atoms with van der Waals surface area (Å²) in [6.45, 7) is -2.18. The molecule has 0 saturated heterocycles. The number of benzene rings is 5. The highest BCUT2D eigenvalue weighted by Crippen LogP contribution is 2.47. The molecule has 0 radical (unpaired) electrons. The molecule has 0 amide bonds. The van der Waals surface area contributed by atoms with Crippen molar-refractivity contribution < 1.29 is 4.79 Å². The van der Waals surface area contributed by atoms with Crippen molar-refractivity contribution in [3.8, 4) is 0 Å². The van der Waals surface area contributed by atoms with Gasteiger partial charge in [0.15, 0.2) is 5.78 Å². The fraction of sp³-hybridized carbons (Fsp3) is 0.0588. The molecule has 5 rings (SSSR count). The summed E-state index contributed by atoms with van der Waals surface area (Å²) in [5, 5.41) is 5.21. The van der Waals surface area contributed by atoms with Crippen LogP contribution in [0.5, 0.6) is 0 Å². The van der Waals surface area contributed by atoms with Crippen molar-refractivity contribution >= 4 is 47.6 Å². The van der Waals surface area contributed by atoms with E-state index in [4.69, 9.17) is 0 Å². The Morgan fingerprint density at radius 2 is 0.919 bits per heavy atom. The Labute approximate surface area is 221 Å². The minimum atomic E-state index is -2.18. The van der Waals surface area contributed by atoms with Gasteiger partial charge in [-0.05, 0) is 42.2 Å². The van der Waals surface area contributed by atoms with Crippen molar-refractivity contribution in [2.24, 2.45) is 0 Å². The minimum absolute atomic E-state index is 0.196. The van der Waals surface area contributed by atoms with Crippen molar-refractivity contribution in [1.82, 2.24) is 0 Å². The number of Topliss-reactive ketones (excluding diaryl/α,β-unsaturated/α-hetero) is 1. The van der Waals surface area contributed by atoms with Crippen LogP contribution >= 0.6 is 14.8 Å². The lowest BCUT2D eigenvalue weighted by Crippen LogP contribution is -2.26. The van der Waals surface area contributed by atoms with Crippen LogP contribution in [0.2, 0.25) is 0 Å². The second-order valence-electron chi connectivity index (χ2n) is 8.95. The van der Waals surface area contributed by atoms with Crippen molar-refractivity contribution in [2.75, 3.05) is 12.3 Å². The highest BCUT2D eigenvalue weighted by Gasteiger charge is 2.27. The van der Waals surface area contributed by atoms with E-state index in [1.807, 2.05) is 30.3 Å². The van der Waals surface area contributed by atoms with Gasteiger partial charge >= 0.3 is 0 Å². The van der Waals surface area contributed by atoms with Crippen LogP contribution in [0.15, 0.2) is 152 Å². The van der Waals surface area contributed by atoms with E-state index in [-0.39, 0.29) is 5.78 Å². The molecule has 182 valence electrons. The average Bonchev–Trinajstić information content (AvgIpc) is 2.99. The molecule has 0 heterocycles. The molecule has 0 aliphatic rings. The lowest BCUT2D eigenvalue weighted by molar-refractivity contribution is 0.102. The van der Waals surface area contributed by atoms with E-state index in [2.05, 4.69) is 127 Å². The molecule has 5 aromatic carbocycles. The third kappa shape index (κ3) is 5.91. The van der Waals surface area contributed by atoms with Crippen LogP contribution < -0.4 is 21.2 Å². The van der Waals surface area contributed by atoms with Crippen molar-refractivity contribution in [3.63, 3.8) is 0 Å². The van der Waals surface area contributed by atoms with Gasteiger partial charge in [-0.25, -0.2) is 0 Å². The van der Waals surface area contributed by atoms with Gasteiger partial charge in [0, 0.05) is 11.7 Å². The van der Waals surface area contributed by atoms with E-state index in [1.54, 1.807) is 0 Å². The predicted octanol–water partition coefficient (Wildman–Crippen LogP) is 6.47. The van der Waals surface area contributed by atoms with E-state index < -0.39 is 14.8 Å². The summed E-state index contributed by atoms with van der Waals surface area (Å²) >= 11 is 0. The van der Waals surface area contributed by atoms with E-state index in [9.17, 15) is 4.79 Å². The lowest BCUT2D eigenvalue weighted by atomic mass is 10.2. The number of rotatable bonds is 9. The highest BCUT2D eigenvalue weighted by molar-refractivity contribution is 7.90. The summed E-state index contributed by atoms with van der Waals surface area (Å²) in [7, 11) is -0.614. The predicted molar refractivity (Wildman–Crippen MR) is 165 cm³/mol. The highest BCUT2D eigenvalue weighted by atomic mass is 31.2. The Kier molecular flexibility index (Phi) is 8.27. The Morgan fingerprint density at radius 1 is 0.541 bits per heavy atom. The first-order valence-electron chi connectivity index (χ1n) is 12.6. The van der Waals surface area contributed by atoms with Crippen LogP contribution in [0.1, 0.15) is 10.4 Å². The van der Waals surface area contributed by atoms with Gasteiger partial charge in [-0.1, -0.05) is 157 Å². The molecule has 0 aliphatic carbocycles. The van der Waals surface area contributed by atoms with E-state index in [1.165, 1.54) is 21.2 Å². The van der Waals surface area contributed by atoms with Gasteiger partial charge in [0.25, 0.3) is 0 Å². The Balaban J connectivity index is 1.69. The first kappa shape index (κ1) is 25.2. The van der Waals surface area contributed by atoms with Gasteiger partial charge < -0.3 is 0 Å². The summed E-state index contributed by atoms with van der Waals surface area (Å²) in [6, 6.07) is 52.8. The molecule has 0 unspecified atom stereocenters. The molecule has 5 aromatic rings. The SMILES string of the molecule is O=C(CP(=CCP(c1ccccc1)c1ccccc1)(c1ccccc1)c1ccccc1)c1ccccc1. The standard InChI is InChI=1S/C34H30OP2/c35-34(29-16-6-1-7-17-29)28-37(32-22-12-4-13-23-32,33-24-14-5-15-25-33)27-26-36(30-18-8-2-9-19-30)31-20-10-3-11-21-31/h1-25,27H,26,28H2. The molecular weight excluding hydrogens is 486 g/mol. The molecule has 0 saturated carbocycles. The van der Waals surface area contributed by atoms with Gasteiger partial charge in [-0.2, -0.15) is 0 Å². The molecule has 0 aromatic heterocycles. The maximum atomic E-state index is 13.8. The summed E-state index contributed by atoms with van der Waals surface area (Å²) in [5.41, 5.74) is 0.778. The first-order valence-corrected chi connectivity index (χ1v) is 16.1. The lowest BCUT2D eigenvalue weighted by Gasteiger charge is -2.29. The van der Waals surface area contributed by atoms with Crippen LogP contribution in [0.25, 0.3) is 0 Å². The van der Waals surface area contributed by atoms with Crippen LogP contribution in [-0.4, -0.2) is 23.9 Å². The van der Waals surface area contributed by atoms with Crippen molar-refractivity contribution in [1.29, 1.82) is 0 Å². The molecule has 37 heavy (non-hydrogen) atoms. The maximum absolute atomic E-state index is 13.8. The number of ketones is 1. The van der Waals surface area contributed by atoms with Crippen LogP contribution in [-0.2, 0) is 0 Å². The monoisotopic (exact) mass is 516 g/mol. The first-order chi connectivity index (χ1) is 18.3. The van der Waals surface area contributed by atoms with E-state index >= 15 is 0 Å². The average molecular weight is 517 g/mol. The fourth-order valence-electron chi connectivity index (χ4n) is 4.73. The zero-order chi connectivity index (χ0) is 25.3. The van der Waals surface area contributed by atoms with Gasteiger partial charge in [0.1, 0.15) is 0 Å². The third-order valence-electron chi connectivity index (χ3n) is 6.63. The van der Waals surface area contributed by atoms with Gasteiger partial charge in [0.2, 0.25) is 0 Å². The van der Waals surface area contributed by atoms with Crippen LogP contribution in [0.4, 0.5) is 0 Å². The summed E-state index contributed by atoms with van der Waals surface area (Å²) in [4.78, 5) is 13.8. The minimum Gasteiger partial charge on any atom is -0.294 e. The molecule has 0 N–H and O–H groups in total. The van der Waals surface area contributed by atoms with Gasteiger partial charge in [-0.15, -0.1) is 0 Å². The van der Waals surface area contributed by atoms with Crippen molar-refractivity contribution in [3.05, 3.63) is 157 Å². The molecule has 1 nitrogen and oxygen atoms in total. The van der Waals surface area contributed by atoms with E-state index in [0.29, 0.717) is 6.16 Å². The van der Waals surface area contributed by atoms with E-state index in [0.717, 1.165) is 11.7 Å². The molecule has 0 spiro atoms. The summed E-state index contributed by atoms with van der Waals surface area (Å²) < 4.78 is 0. The molecule has 0 bridgehead atoms. The number of hydrogen-bond acceptors (Lipinski definition) is 1. The van der Waals surface area contributed by atoms with Crippen LogP contribution in [0.3, 0.4) is 0 Å². The van der Waals surface area contributed by atoms with Gasteiger partial charge in [0.05, 0.1) is 0 Å². The quantitative estimate of drug-likeness (QED) is 0.162. The number of carbonyl (C=O) groups is 1.